The van der Waals surface area contributed by atoms with Gasteiger partial charge in [0.1, 0.15) is 0 Å². The third-order valence-corrected chi connectivity index (χ3v) is 4.20. The van der Waals surface area contributed by atoms with Crippen molar-refractivity contribution in [2.45, 2.75) is 44.4 Å². The third-order valence-electron chi connectivity index (χ3n) is 2.99. The molecule has 2 nitrogen and oxygen atoms in total. The molecule has 2 aliphatic heterocycles. The smallest absolute Gasteiger partial charge is 0.0700 e. The van der Waals surface area contributed by atoms with Gasteiger partial charge in [0.2, 0.25) is 0 Å². The molecule has 0 aromatic rings. The van der Waals surface area contributed by atoms with Crippen LogP contribution in [0.15, 0.2) is 0 Å². The van der Waals surface area contributed by atoms with Crippen LogP contribution in [0.3, 0.4) is 0 Å². The van der Waals surface area contributed by atoms with E-state index in [-0.39, 0.29) is 0 Å². The van der Waals surface area contributed by atoms with Crippen molar-refractivity contribution >= 4 is 11.8 Å². The van der Waals surface area contributed by atoms with Crippen LogP contribution in [-0.2, 0) is 4.74 Å². The van der Waals surface area contributed by atoms with E-state index in [0.29, 0.717) is 12.1 Å². The quantitative estimate of drug-likeness (QED) is 0.734. The van der Waals surface area contributed by atoms with E-state index in [9.17, 15) is 0 Å². The van der Waals surface area contributed by atoms with E-state index in [1.807, 2.05) is 0 Å². The first-order valence-corrected chi connectivity index (χ1v) is 6.47. The molecule has 0 spiro atoms. The summed E-state index contributed by atoms with van der Waals surface area (Å²) in [4.78, 5) is 0. The number of ether oxygens (including phenoxy) is 1. The Labute approximate surface area is 84.8 Å². The van der Waals surface area contributed by atoms with Crippen LogP contribution in [0.25, 0.3) is 0 Å². The molecule has 2 aliphatic rings. The van der Waals surface area contributed by atoms with Gasteiger partial charge in [0.05, 0.1) is 6.10 Å². The van der Waals surface area contributed by atoms with Gasteiger partial charge in [0, 0.05) is 24.4 Å². The lowest BCUT2D eigenvalue weighted by Crippen LogP contribution is -2.44. The summed E-state index contributed by atoms with van der Waals surface area (Å²) in [5.41, 5.74) is 0. The fraction of sp³-hybridized carbons (Fsp3) is 1.00. The molecule has 2 saturated heterocycles. The summed E-state index contributed by atoms with van der Waals surface area (Å²) in [5.74, 6) is 2.65. The molecule has 0 bridgehead atoms. The largest absolute Gasteiger partial charge is 0.377 e. The molecule has 0 aromatic heterocycles. The molecule has 0 aromatic carbocycles. The van der Waals surface area contributed by atoms with Gasteiger partial charge in [0.25, 0.3) is 0 Å². The fourth-order valence-corrected chi connectivity index (χ4v) is 3.21. The molecular formula is C10H19NOS. The minimum atomic E-state index is 0.423. The Morgan fingerprint density at radius 3 is 2.92 bits per heavy atom. The maximum atomic E-state index is 5.54. The van der Waals surface area contributed by atoms with E-state index < -0.39 is 0 Å². The second kappa shape index (κ2) is 4.67. The molecule has 0 radical (unpaired) electrons. The number of thioether (sulfide) groups is 1. The van der Waals surface area contributed by atoms with Crippen LogP contribution in [0.4, 0.5) is 0 Å². The van der Waals surface area contributed by atoms with Gasteiger partial charge in [-0.05, 0) is 31.9 Å². The summed E-state index contributed by atoms with van der Waals surface area (Å²) in [6.07, 6.45) is 4.36. The lowest BCUT2D eigenvalue weighted by atomic mass is 10.1. The predicted molar refractivity (Wildman–Crippen MR) is 57.3 cm³/mol. The Bertz CT molecular complexity index is 159. The van der Waals surface area contributed by atoms with Crippen LogP contribution in [0.5, 0.6) is 0 Å². The van der Waals surface area contributed by atoms with Crippen molar-refractivity contribution in [2.75, 3.05) is 18.1 Å². The van der Waals surface area contributed by atoms with E-state index in [0.717, 1.165) is 12.6 Å². The van der Waals surface area contributed by atoms with Crippen LogP contribution in [0, 0.1) is 0 Å². The minimum absolute atomic E-state index is 0.423. The number of hydrogen-bond acceptors (Lipinski definition) is 3. The van der Waals surface area contributed by atoms with Crippen LogP contribution >= 0.6 is 11.8 Å². The van der Waals surface area contributed by atoms with Crippen molar-refractivity contribution in [3.05, 3.63) is 0 Å². The van der Waals surface area contributed by atoms with Gasteiger partial charge in [-0.1, -0.05) is 0 Å². The Morgan fingerprint density at radius 1 is 1.38 bits per heavy atom. The van der Waals surface area contributed by atoms with Crippen LogP contribution in [-0.4, -0.2) is 36.3 Å². The summed E-state index contributed by atoms with van der Waals surface area (Å²) in [5, 5.41) is 3.72. The molecule has 0 amide bonds. The van der Waals surface area contributed by atoms with Crippen LogP contribution in [0.1, 0.15) is 26.2 Å². The summed E-state index contributed by atoms with van der Waals surface area (Å²) < 4.78 is 5.54. The average Bonchev–Trinajstić information content (AvgIpc) is 2.54. The zero-order valence-corrected chi connectivity index (χ0v) is 9.11. The molecule has 0 saturated carbocycles. The van der Waals surface area contributed by atoms with Crippen molar-refractivity contribution in [2.24, 2.45) is 0 Å². The van der Waals surface area contributed by atoms with Crippen molar-refractivity contribution in [3.63, 3.8) is 0 Å². The zero-order chi connectivity index (χ0) is 9.10. The van der Waals surface area contributed by atoms with E-state index in [4.69, 9.17) is 4.74 Å². The number of hydrogen-bond donors (Lipinski definition) is 1. The van der Waals surface area contributed by atoms with E-state index in [1.165, 1.54) is 30.8 Å². The zero-order valence-electron chi connectivity index (χ0n) is 8.29. The fourth-order valence-electron chi connectivity index (χ4n) is 2.13. The van der Waals surface area contributed by atoms with Gasteiger partial charge >= 0.3 is 0 Å². The Balaban J connectivity index is 1.75. The first-order valence-electron chi connectivity index (χ1n) is 5.31. The Kier molecular flexibility index (Phi) is 3.52. The first-order chi connectivity index (χ1) is 6.36. The van der Waals surface area contributed by atoms with E-state index >= 15 is 0 Å². The number of rotatable bonds is 2. The molecule has 2 fully saturated rings. The molecule has 3 heteroatoms. The molecule has 76 valence electrons. The number of nitrogens with one attached hydrogen (secondary N) is 1. The topological polar surface area (TPSA) is 21.3 Å². The highest BCUT2D eigenvalue weighted by Gasteiger charge is 2.26. The lowest BCUT2D eigenvalue weighted by Gasteiger charge is -2.27. The average molecular weight is 201 g/mol. The van der Waals surface area contributed by atoms with Crippen molar-refractivity contribution in [3.8, 4) is 0 Å². The second-order valence-corrected chi connectivity index (χ2v) is 5.20. The first kappa shape index (κ1) is 9.81. The molecule has 2 heterocycles. The Hall–Kier alpha value is 0.270. The molecule has 13 heavy (non-hydrogen) atoms. The van der Waals surface area contributed by atoms with E-state index in [1.54, 1.807) is 0 Å². The second-order valence-electron chi connectivity index (χ2n) is 4.05. The lowest BCUT2D eigenvalue weighted by molar-refractivity contribution is 0.111. The molecule has 2 rings (SSSR count). The SMILES string of the molecule is CC1OCCC1NC1CCCSC1. The molecule has 3 unspecified atom stereocenters. The minimum Gasteiger partial charge on any atom is -0.377 e. The monoisotopic (exact) mass is 201 g/mol. The maximum Gasteiger partial charge on any atom is 0.0700 e. The van der Waals surface area contributed by atoms with Gasteiger partial charge in [-0.25, -0.2) is 0 Å². The highest BCUT2D eigenvalue weighted by molar-refractivity contribution is 7.99. The van der Waals surface area contributed by atoms with E-state index in [2.05, 4.69) is 24.0 Å². The van der Waals surface area contributed by atoms with Crippen LogP contribution in [0.2, 0.25) is 0 Å². The molecule has 3 atom stereocenters. The standard InChI is InChI=1S/C10H19NOS/c1-8-10(4-5-12-8)11-9-3-2-6-13-7-9/h8-11H,2-7H2,1H3. The predicted octanol–water partition coefficient (Wildman–Crippen LogP) is 1.65. The summed E-state index contributed by atoms with van der Waals surface area (Å²) in [6, 6.07) is 1.36. The van der Waals surface area contributed by atoms with Crippen molar-refractivity contribution in [1.29, 1.82) is 0 Å². The van der Waals surface area contributed by atoms with Crippen molar-refractivity contribution < 1.29 is 4.74 Å². The Morgan fingerprint density at radius 2 is 2.31 bits per heavy atom. The molecular weight excluding hydrogens is 182 g/mol. The van der Waals surface area contributed by atoms with Gasteiger partial charge in [-0.3, -0.25) is 0 Å². The van der Waals surface area contributed by atoms with Gasteiger partial charge in [0.15, 0.2) is 0 Å². The maximum absolute atomic E-state index is 5.54. The normalized spacial score (nSPS) is 40.8. The highest BCUT2D eigenvalue weighted by Crippen LogP contribution is 2.20. The third kappa shape index (κ3) is 2.61. The molecule has 0 aliphatic carbocycles. The van der Waals surface area contributed by atoms with Crippen LogP contribution < -0.4 is 5.32 Å². The molecule has 1 N–H and O–H groups in total. The van der Waals surface area contributed by atoms with Gasteiger partial charge in [-0.15, -0.1) is 0 Å². The van der Waals surface area contributed by atoms with Gasteiger partial charge < -0.3 is 10.1 Å². The summed E-state index contributed by atoms with van der Waals surface area (Å²) in [7, 11) is 0. The highest BCUT2D eigenvalue weighted by atomic mass is 32.2. The van der Waals surface area contributed by atoms with Crippen molar-refractivity contribution in [1.82, 2.24) is 5.32 Å². The van der Waals surface area contributed by atoms with Gasteiger partial charge in [-0.2, -0.15) is 11.8 Å². The summed E-state index contributed by atoms with van der Waals surface area (Å²) >= 11 is 2.08. The summed E-state index contributed by atoms with van der Waals surface area (Å²) in [6.45, 7) is 3.12.